The van der Waals surface area contributed by atoms with Crippen molar-refractivity contribution in [2.75, 3.05) is 45.5 Å². The molecule has 2 N–H and O–H groups in total. The van der Waals surface area contributed by atoms with Crippen LogP contribution in [0.3, 0.4) is 0 Å². The molecular weight excluding hydrogens is 246 g/mol. The topological polar surface area (TPSA) is 44.4 Å². The minimum Gasteiger partial charge on any atom is -0.354 e. The highest BCUT2D eigenvalue weighted by atomic mass is 32.2. The number of piperazine rings is 1. The van der Waals surface area contributed by atoms with Gasteiger partial charge in [0.25, 0.3) is 0 Å². The van der Waals surface area contributed by atoms with E-state index in [9.17, 15) is 4.79 Å². The predicted molar refractivity (Wildman–Crippen MR) is 79.1 cm³/mol. The van der Waals surface area contributed by atoms with Gasteiger partial charge in [-0.1, -0.05) is 13.8 Å². The molecule has 1 heterocycles. The van der Waals surface area contributed by atoms with E-state index in [2.05, 4.69) is 35.6 Å². The van der Waals surface area contributed by atoms with Crippen molar-refractivity contribution in [2.45, 2.75) is 31.4 Å². The second-order valence-electron chi connectivity index (χ2n) is 4.90. The van der Waals surface area contributed by atoms with E-state index < -0.39 is 0 Å². The van der Waals surface area contributed by atoms with Gasteiger partial charge in [0.15, 0.2) is 0 Å². The van der Waals surface area contributed by atoms with Crippen LogP contribution in [0.1, 0.15) is 26.7 Å². The van der Waals surface area contributed by atoms with E-state index in [4.69, 9.17) is 0 Å². The molecule has 0 unspecified atom stereocenters. The fourth-order valence-corrected chi connectivity index (χ4v) is 3.04. The summed E-state index contributed by atoms with van der Waals surface area (Å²) in [6.07, 6.45) is 4.33. The highest BCUT2D eigenvalue weighted by molar-refractivity contribution is 8.00. The van der Waals surface area contributed by atoms with Crippen LogP contribution < -0.4 is 10.6 Å². The Balaban J connectivity index is 2.30. The molecule has 1 fully saturated rings. The molecule has 0 aliphatic carbocycles. The standard InChI is InChI=1S/C13H27N3OS/c1-4-13(5-2,18-3)11-15-12(17)10-16-8-6-14-7-9-16/h14H,4-11H2,1-3H3,(H,15,17). The largest absolute Gasteiger partial charge is 0.354 e. The zero-order valence-electron chi connectivity index (χ0n) is 11.9. The highest BCUT2D eigenvalue weighted by Crippen LogP contribution is 2.29. The van der Waals surface area contributed by atoms with Crippen LogP contribution in [0.25, 0.3) is 0 Å². The van der Waals surface area contributed by atoms with Gasteiger partial charge in [-0.25, -0.2) is 0 Å². The molecule has 106 valence electrons. The number of nitrogens with zero attached hydrogens (tertiary/aromatic N) is 1. The van der Waals surface area contributed by atoms with Crippen LogP contribution in [-0.2, 0) is 4.79 Å². The smallest absolute Gasteiger partial charge is 0.234 e. The minimum absolute atomic E-state index is 0.164. The first-order valence-electron chi connectivity index (χ1n) is 6.90. The molecule has 1 aliphatic rings. The second kappa shape index (κ2) is 8.02. The molecule has 1 saturated heterocycles. The summed E-state index contributed by atoms with van der Waals surface area (Å²) in [6, 6.07) is 0. The van der Waals surface area contributed by atoms with E-state index in [1.807, 2.05) is 11.8 Å². The minimum atomic E-state index is 0.164. The van der Waals surface area contributed by atoms with E-state index in [1.54, 1.807) is 0 Å². The third-order valence-electron chi connectivity index (χ3n) is 3.91. The maximum atomic E-state index is 11.9. The van der Waals surface area contributed by atoms with Crippen LogP contribution in [0.4, 0.5) is 0 Å². The molecule has 1 amide bonds. The van der Waals surface area contributed by atoms with Crippen molar-refractivity contribution in [3.63, 3.8) is 0 Å². The quantitative estimate of drug-likeness (QED) is 0.724. The van der Waals surface area contributed by atoms with Gasteiger partial charge < -0.3 is 10.6 Å². The van der Waals surface area contributed by atoms with Gasteiger partial charge in [0, 0.05) is 37.5 Å². The molecule has 0 spiro atoms. The summed E-state index contributed by atoms with van der Waals surface area (Å²) in [4.78, 5) is 14.1. The molecular formula is C13H27N3OS. The molecule has 0 radical (unpaired) electrons. The average Bonchev–Trinajstić information content (AvgIpc) is 2.42. The Morgan fingerprint density at radius 3 is 2.44 bits per heavy atom. The van der Waals surface area contributed by atoms with Crippen molar-refractivity contribution < 1.29 is 4.79 Å². The molecule has 4 nitrogen and oxygen atoms in total. The van der Waals surface area contributed by atoms with Crippen LogP contribution in [-0.4, -0.2) is 61.1 Å². The Bertz CT molecular complexity index is 242. The van der Waals surface area contributed by atoms with Crippen LogP contribution in [0.2, 0.25) is 0 Å². The highest BCUT2D eigenvalue weighted by Gasteiger charge is 2.25. The lowest BCUT2D eigenvalue weighted by molar-refractivity contribution is -0.122. The maximum Gasteiger partial charge on any atom is 0.234 e. The number of carbonyl (C=O) groups is 1. The lowest BCUT2D eigenvalue weighted by atomic mass is 10.0. The van der Waals surface area contributed by atoms with E-state index in [-0.39, 0.29) is 10.7 Å². The molecule has 0 saturated carbocycles. The number of carbonyl (C=O) groups excluding carboxylic acids is 1. The SMILES string of the molecule is CCC(CC)(CNC(=O)CN1CCNCC1)SC. The van der Waals surface area contributed by atoms with E-state index in [1.165, 1.54) is 0 Å². The van der Waals surface area contributed by atoms with Crippen LogP contribution in [0.5, 0.6) is 0 Å². The molecule has 0 atom stereocenters. The normalized spacial score (nSPS) is 17.7. The Hall–Kier alpha value is -0.260. The molecule has 18 heavy (non-hydrogen) atoms. The number of rotatable bonds is 7. The molecule has 1 aliphatic heterocycles. The first-order valence-corrected chi connectivity index (χ1v) is 8.13. The van der Waals surface area contributed by atoms with Gasteiger partial charge in [-0.05, 0) is 19.1 Å². The van der Waals surface area contributed by atoms with E-state index >= 15 is 0 Å². The van der Waals surface area contributed by atoms with Crippen molar-refractivity contribution in [1.82, 2.24) is 15.5 Å². The van der Waals surface area contributed by atoms with Gasteiger partial charge in [0.1, 0.15) is 0 Å². The number of hydrogen-bond donors (Lipinski definition) is 2. The van der Waals surface area contributed by atoms with Crippen LogP contribution in [0.15, 0.2) is 0 Å². The summed E-state index contributed by atoms with van der Waals surface area (Å²) in [5.41, 5.74) is 0. The summed E-state index contributed by atoms with van der Waals surface area (Å²) in [5.74, 6) is 0.164. The second-order valence-corrected chi connectivity index (χ2v) is 6.17. The van der Waals surface area contributed by atoms with Gasteiger partial charge >= 0.3 is 0 Å². The molecule has 1 rings (SSSR count). The van der Waals surface area contributed by atoms with Crippen LogP contribution >= 0.6 is 11.8 Å². The number of nitrogens with one attached hydrogen (secondary N) is 2. The van der Waals surface area contributed by atoms with Crippen molar-refractivity contribution in [1.29, 1.82) is 0 Å². The van der Waals surface area contributed by atoms with E-state index in [0.717, 1.165) is 45.6 Å². The molecule has 0 bridgehead atoms. The third-order valence-corrected chi connectivity index (χ3v) is 5.49. The lowest BCUT2D eigenvalue weighted by Crippen LogP contribution is -2.49. The van der Waals surface area contributed by atoms with Crippen molar-refractivity contribution in [3.8, 4) is 0 Å². The van der Waals surface area contributed by atoms with Crippen molar-refractivity contribution in [2.24, 2.45) is 0 Å². The van der Waals surface area contributed by atoms with Crippen LogP contribution in [0, 0.1) is 0 Å². The Kier molecular flexibility index (Phi) is 7.04. The summed E-state index contributed by atoms with van der Waals surface area (Å²) >= 11 is 1.87. The Labute approximate surface area is 115 Å². The van der Waals surface area contributed by atoms with E-state index in [0.29, 0.717) is 6.54 Å². The lowest BCUT2D eigenvalue weighted by Gasteiger charge is -2.31. The molecule has 5 heteroatoms. The Morgan fingerprint density at radius 1 is 1.33 bits per heavy atom. The molecule has 0 aromatic carbocycles. The summed E-state index contributed by atoms with van der Waals surface area (Å²) in [5, 5.41) is 6.40. The zero-order valence-corrected chi connectivity index (χ0v) is 12.7. The summed E-state index contributed by atoms with van der Waals surface area (Å²) < 4.78 is 0.207. The van der Waals surface area contributed by atoms with Gasteiger partial charge in [0.2, 0.25) is 5.91 Å². The Morgan fingerprint density at radius 2 is 1.94 bits per heavy atom. The average molecular weight is 273 g/mol. The monoisotopic (exact) mass is 273 g/mol. The zero-order chi connectivity index (χ0) is 13.4. The first-order chi connectivity index (χ1) is 8.65. The number of hydrogen-bond acceptors (Lipinski definition) is 4. The molecule has 0 aromatic rings. The molecule has 0 aromatic heterocycles. The van der Waals surface area contributed by atoms with Gasteiger partial charge in [0.05, 0.1) is 6.54 Å². The number of amides is 1. The number of thioether (sulfide) groups is 1. The summed E-state index contributed by atoms with van der Waals surface area (Å²) in [7, 11) is 0. The third kappa shape index (κ3) is 4.78. The summed E-state index contributed by atoms with van der Waals surface area (Å²) in [6.45, 7) is 9.65. The van der Waals surface area contributed by atoms with Gasteiger partial charge in [-0.2, -0.15) is 11.8 Å². The fourth-order valence-electron chi connectivity index (χ4n) is 2.25. The predicted octanol–water partition coefficient (Wildman–Crippen LogP) is 0.930. The van der Waals surface area contributed by atoms with Gasteiger partial charge in [-0.3, -0.25) is 9.69 Å². The first kappa shape index (κ1) is 15.8. The van der Waals surface area contributed by atoms with Crippen molar-refractivity contribution >= 4 is 17.7 Å². The van der Waals surface area contributed by atoms with Crippen molar-refractivity contribution in [3.05, 3.63) is 0 Å². The van der Waals surface area contributed by atoms with Gasteiger partial charge in [-0.15, -0.1) is 0 Å². The maximum absolute atomic E-state index is 11.9. The fraction of sp³-hybridized carbons (Fsp3) is 0.923.